The lowest BCUT2D eigenvalue weighted by atomic mass is 10.3. The molecule has 8 heteroatoms. The minimum absolute atomic E-state index is 0.106. The number of amides is 1. The van der Waals surface area contributed by atoms with Crippen LogP contribution in [0.15, 0.2) is 24.3 Å². The van der Waals surface area contributed by atoms with Gasteiger partial charge in [-0.15, -0.1) is 10.2 Å². The summed E-state index contributed by atoms with van der Waals surface area (Å²) in [6.07, 6.45) is 0.958. The van der Waals surface area contributed by atoms with E-state index in [0.29, 0.717) is 23.1 Å². The predicted molar refractivity (Wildman–Crippen MR) is 89.1 cm³/mol. The van der Waals surface area contributed by atoms with E-state index in [4.69, 9.17) is 11.6 Å². The van der Waals surface area contributed by atoms with Crippen molar-refractivity contribution in [3.63, 3.8) is 0 Å². The molecule has 1 fully saturated rings. The Morgan fingerprint density at radius 1 is 1.17 bits per heavy atom. The average Bonchev–Trinajstić information content (AvgIpc) is 2.89. The maximum atomic E-state index is 12.7. The molecule has 0 spiro atoms. The molecular weight excluding hydrogens is 316 g/mol. The highest BCUT2D eigenvalue weighted by Gasteiger charge is 2.24. The van der Waals surface area contributed by atoms with Crippen molar-refractivity contribution in [2.75, 3.05) is 38.5 Å². The number of rotatable bonds is 3. The first-order valence-electron chi connectivity index (χ1n) is 7.54. The third kappa shape index (κ3) is 3.80. The second kappa shape index (κ2) is 6.97. The molecule has 1 aromatic heterocycles. The van der Waals surface area contributed by atoms with Crippen LogP contribution in [0.25, 0.3) is 0 Å². The minimum atomic E-state index is -0.106. The van der Waals surface area contributed by atoms with E-state index in [1.807, 2.05) is 17.0 Å². The van der Waals surface area contributed by atoms with Crippen molar-refractivity contribution in [1.82, 2.24) is 25.2 Å². The molecule has 2 heterocycles. The van der Waals surface area contributed by atoms with Crippen LogP contribution in [0.1, 0.15) is 16.9 Å². The van der Waals surface area contributed by atoms with Crippen molar-refractivity contribution < 1.29 is 4.79 Å². The molecule has 1 aliphatic rings. The molecule has 7 nitrogen and oxygen atoms in total. The van der Waals surface area contributed by atoms with Gasteiger partial charge in [0.25, 0.3) is 5.91 Å². The molecule has 1 saturated heterocycles. The van der Waals surface area contributed by atoms with E-state index < -0.39 is 0 Å². The summed E-state index contributed by atoms with van der Waals surface area (Å²) < 4.78 is 0. The Morgan fingerprint density at radius 2 is 1.96 bits per heavy atom. The summed E-state index contributed by atoms with van der Waals surface area (Å²) in [5.74, 6) is 0.320. The van der Waals surface area contributed by atoms with Crippen LogP contribution in [0.2, 0.25) is 5.02 Å². The zero-order valence-electron chi connectivity index (χ0n) is 12.9. The zero-order valence-corrected chi connectivity index (χ0v) is 13.7. The first-order chi connectivity index (χ1) is 11.1. The molecule has 0 radical (unpaired) electrons. The summed E-state index contributed by atoms with van der Waals surface area (Å²) in [5, 5.41) is 14.4. The number of aromatic amines is 1. The molecule has 1 amide bonds. The maximum Gasteiger partial charge on any atom is 0.278 e. The number of benzene rings is 1. The molecule has 0 bridgehead atoms. The van der Waals surface area contributed by atoms with Crippen LogP contribution in [0.3, 0.4) is 0 Å². The van der Waals surface area contributed by atoms with E-state index in [1.54, 1.807) is 12.1 Å². The number of likely N-dealkylation sites (N-methyl/N-ethyl adjacent to an activating group) is 1. The third-order valence-corrected chi connectivity index (χ3v) is 4.12. The Bertz CT molecular complexity index is 671. The van der Waals surface area contributed by atoms with Crippen LogP contribution in [0.4, 0.5) is 11.5 Å². The van der Waals surface area contributed by atoms with Crippen molar-refractivity contribution >= 4 is 29.0 Å². The topological polar surface area (TPSA) is 77.2 Å². The number of hydrogen-bond donors (Lipinski definition) is 2. The van der Waals surface area contributed by atoms with Crippen molar-refractivity contribution in [2.24, 2.45) is 0 Å². The molecule has 0 aliphatic carbocycles. The van der Waals surface area contributed by atoms with Crippen LogP contribution >= 0.6 is 11.6 Å². The van der Waals surface area contributed by atoms with Gasteiger partial charge in [0.1, 0.15) is 0 Å². The van der Waals surface area contributed by atoms with Gasteiger partial charge in [0.15, 0.2) is 11.5 Å². The van der Waals surface area contributed by atoms with Gasteiger partial charge in [0, 0.05) is 30.3 Å². The number of aromatic nitrogens is 3. The number of anilines is 2. The lowest BCUT2D eigenvalue weighted by Gasteiger charge is -2.19. The first-order valence-corrected chi connectivity index (χ1v) is 7.92. The Hall–Kier alpha value is -2.12. The fourth-order valence-electron chi connectivity index (χ4n) is 2.54. The first kappa shape index (κ1) is 15.8. The van der Waals surface area contributed by atoms with E-state index in [2.05, 4.69) is 32.7 Å². The van der Waals surface area contributed by atoms with Crippen LogP contribution < -0.4 is 5.32 Å². The van der Waals surface area contributed by atoms with Gasteiger partial charge in [-0.05, 0) is 44.3 Å². The van der Waals surface area contributed by atoms with Crippen LogP contribution in [0.5, 0.6) is 0 Å². The third-order valence-electron chi connectivity index (χ3n) is 3.86. The molecule has 2 N–H and O–H groups in total. The van der Waals surface area contributed by atoms with Gasteiger partial charge in [0.05, 0.1) is 0 Å². The summed E-state index contributed by atoms with van der Waals surface area (Å²) >= 11 is 5.88. The minimum Gasteiger partial charge on any atom is -0.337 e. The average molecular weight is 335 g/mol. The normalized spacial score (nSPS) is 16.2. The van der Waals surface area contributed by atoms with Gasteiger partial charge in [-0.1, -0.05) is 11.6 Å². The molecule has 1 aliphatic heterocycles. The second-order valence-corrected chi connectivity index (χ2v) is 6.04. The molecule has 3 rings (SSSR count). The number of carbonyl (C=O) groups is 1. The van der Waals surface area contributed by atoms with E-state index in [1.165, 1.54) is 0 Å². The summed E-state index contributed by atoms with van der Waals surface area (Å²) in [6, 6.07) is 7.20. The van der Waals surface area contributed by atoms with Gasteiger partial charge in [0.2, 0.25) is 0 Å². The maximum absolute atomic E-state index is 12.7. The van der Waals surface area contributed by atoms with Gasteiger partial charge in [-0.2, -0.15) is 5.21 Å². The molecule has 0 unspecified atom stereocenters. The quantitative estimate of drug-likeness (QED) is 0.897. The van der Waals surface area contributed by atoms with E-state index in [9.17, 15) is 4.79 Å². The highest BCUT2D eigenvalue weighted by molar-refractivity contribution is 6.30. The molecule has 23 heavy (non-hydrogen) atoms. The van der Waals surface area contributed by atoms with Crippen LogP contribution in [-0.4, -0.2) is 64.3 Å². The molecule has 2 aromatic rings. The van der Waals surface area contributed by atoms with Crippen molar-refractivity contribution in [2.45, 2.75) is 6.42 Å². The van der Waals surface area contributed by atoms with E-state index in [-0.39, 0.29) is 5.91 Å². The monoisotopic (exact) mass is 334 g/mol. The van der Waals surface area contributed by atoms with Gasteiger partial charge >= 0.3 is 0 Å². The molecule has 0 atom stereocenters. The summed E-state index contributed by atoms with van der Waals surface area (Å²) in [7, 11) is 2.07. The van der Waals surface area contributed by atoms with Gasteiger partial charge < -0.3 is 15.1 Å². The van der Waals surface area contributed by atoms with Gasteiger partial charge in [-0.3, -0.25) is 4.79 Å². The number of H-pyrrole nitrogens is 1. The Labute approximate surface area is 139 Å². The SMILES string of the molecule is CN1CCCN(C(=O)c2n[nH]nc2Nc2ccc(Cl)cc2)CC1. The summed E-state index contributed by atoms with van der Waals surface area (Å²) in [4.78, 5) is 16.8. The highest BCUT2D eigenvalue weighted by Crippen LogP contribution is 2.20. The standard InChI is InChI=1S/C15H19ClN6O/c1-21-7-2-8-22(10-9-21)15(23)13-14(19-20-18-13)17-12-5-3-11(16)4-6-12/h3-6H,2,7-10H2,1H3,(H2,17,18,19,20). The number of nitrogens with one attached hydrogen (secondary N) is 2. The predicted octanol–water partition coefficient (Wildman–Crippen LogP) is 1.98. The van der Waals surface area contributed by atoms with Crippen molar-refractivity contribution in [3.8, 4) is 0 Å². The lowest BCUT2D eigenvalue weighted by Crippen LogP contribution is -2.35. The summed E-state index contributed by atoms with van der Waals surface area (Å²) in [5.41, 5.74) is 1.11. The Morgan fingerprint density at radius 3 is 2.74 bits per heavy atom. The Kier molecular flexibility index (Phi) is 4.78. The number of nitrogens with zero attached hydrogens (tertiary/aromatic N) is 4. The number of hydrogen-bond acceptors (Lipinski definition) is 5. The van der Waals surface area contributed by atoms with Crippen molar-refractivity contribution in [1.29, 1.82) is 0 Å². The van der Waals surface area contributed by atoms with E-state index >= 15 is 0 Å². The zero-order chi connectivity index (χ0) is 16.2. The molecule has 0 saturated carbocycles. The molecular formula is C15H19ClN6O. The number of halogens is 1. The molecule has 1 aromatic carbocycles. The number of carbonyl (C=O) groups excluding carboxylic acids is 1. The fourth-order valence-corrected chi connectivity index (χ4v) is 2.66. The summed E-state index contributed by atoms with van der Waals surface area (Å²) in [6.45, 7) is 3.29. The Balaban J connectivity index is 1.74. The van der Waals surface area contributed by atoms with Gasteiger partial charge in [-0.25, -0.2) is 0 Å². The van der Waals surface area contributed by atoms with Crippen LogP contribution in [0, 0.1) is 0 Å². The fraction of sp³-hybridized carbons (Fsp3) is 0.400. The largest absolute Gasteiger partial charge is 0.337 e. The smallest absolute Gasteiger partial charge is 0.278 e. The van der Waals surface area contributed by atoms with E-state index in [0.717, 1.165) is 31.7 Å². The second-order valence-electron chi connectivity index (χ2n) is 5.60. The molecule has 122 valence electrons. The lowest BCUT2D eigenvalue weighted by molar-refractivity contribution is 0.0758. The van der Waals surface area contributed by atoms with Crippen molar-refractivity contribution in [3.05, 3.63) is 35.0 Å². The van der Waals surface area contributed by atoms with Crippen LogP contribution in [-0.2, 0) is 0 Å². The highest BCUT2D eigenvalue weighted by atomic mass is 35.5.